The van der Waals surface area contributed by atoms with Gasteiger partial charge in [0.1, 0.15) is 6.17 Å². The molecule has 1 saturated heterocycles. The fourth-order valence-electron chi connectivity index (χ4n) is 8.46. The van der Waals surface area contributed by atoms with E-state index in [0.29, 0.717) is 19.5 Å². The van der Waals surface area contributed by atoms with Gasteiger partial charge in [-0.15, -0.1) is 0 Å². The number of aliphatic hydroxyl groups excluding tert-OH is 1. The lowest BCUT2D eigenvalue weighted by Gasteiger charge is -2.63. The molecule has 33 heavy (non-hydrogen) atoms. The summed E-state index contributed by atoms with van der Waals surface area (Å²) in [5.74, 6) is -2.41. The van der Waals surface area contributed by atoms with Crippen LogP contribution in [0.2, 0.25) is 0 Å². The van der Waals surface area contributed by atoms with Crippen molar-refractivity contribution in [1.29, 1.82) is 0 Å². The Hall–Kier alpha value is -1.93. The molecule has 3 saturated carbocycles. The zero-order valence-electron chi connectivity index (χ0n) is 19.2. The number of Topliss-reactive ketones (excluding diaryl/α,β-unsaturated/α-hetero) is 1. The molecule has 0 radical (unpaired) electrons. The Balaban J connectivity index is 1.59. The van der Waals surface area contributed by atoms with Crippen LogP contribution < -0.4 is 5.32 Å². The summed E-state index contributed by atoms with van der Waals surface area (Å²) >= 11 is 0. The number of alkyl halides is 2. The minimum Gasteiger partial charge on any atom is -0.458 e. The second-order valence-electron chi connectivity index (χ2n) is 11.1. The van der Waals surface area contributed by atoms with Crippen LogP contribution in [0.1, 0.15) is 40.0 Å². The van der Waals surface area contributed by atoms with Crippen LogP contribution in [0, 0.1) is 34.0 Å². The predicted molar refractivity (Wildman–Crippen MR) is 114 cm³/mol. The molecule has 0 bridgehead atoms. The molecule has 9 atom stereocenters. The minimum atomic E-state index is -2.16. The predicted octanol–water partition coefficient (Wildman–Crippen LogP) is 2.25. The van der Waals surface area contributed by atoms with Gasteiger partial charge in [0.05, 0.1) is 11.5 Å². The standard InChI is InChI=1S/C25H31F2NO5/c1-13(29)33-11-21(32)24-12-28-10-14(24)6-16-17-8-19(26)18-7-15(30)4-5-22(18,2)25(17,27)20(31)9-23(16,24)3/h4-5,7,14,16-17,19-20,28,31H,6,8-12H2,1-3H3/t14-,16?,17-,19-,20-,22-,23-,24+,25-/m0/s1. The van der Waals surface area contributed by atoms with Crippen LogP contribution in [-0.4, -0.2) is 60.3 Å². The van der Waals surface area contributed by atoms with Crippen LogP contribution in [0.4, 0.5) is 8.78 Å². The highest BCUT2D eigenvalue weighted by Gasteiger charge is 2.77. The maximum atomic E-state index is 17.2. The third-order valence-corrected chi connectivity index (χ3v) is 9.97. The lowest BCUT2D eigenvalue weighted by atomic mass is 9.43. The smallest absolute Gasteiger partial charge is 0.303 e. The molecule has 0 aromatic rings. The lowest BCUT2D eigenvalue weighted by Crippen LogP contribution is -2.69. The quantitative estimate of drug-likeness (QED) is 0.624. The molecule has 5 rings (SSSR count). The molecule has 5 aliphatic rings. The number of aliphatic hydroxyl groups is 1. The topological polar surface area (TPSA) is 92.7 Å². The number of esters is 1. The van der Waals surface area contributed by atoms with Crippen LogP contribution in [0.3, 0.4) is 0 Å². The molecule has 8 heteroatoms. The van der Waals surface area contributed by atoms with Gasteiger partial charge in [0, 0.05) is 24.8 Å². The molecule has 6 nitrogen and oxygen atoms in total. The van der Waals surface area contributed by atoms with Gasteiger partial charge in [0.2, 0.25) is 0 Å². The zero-order chi connectivity index (χ0) is 24.0. The molecule has 0 aromatic heterocycles. The van der Waals surface area contributed by atoms with Crippen molar-refractivity contribution in [3.8, 4) is 0 Å². The van der Waals surface area contributed by atoms with E-state index in [1.807, 2.05) is 6.92 Å². The van der Waals surface area contributed by atoms with E-state index in [2.05, 4.69) is 5.32 Å². The highest BCUT2D eigenvalue weighted by atomic mass is 19.1. The Morgan fingerprint density at radius 1 is 1.27 bits per heavy atom. The first-order chi connectivity index (χ1) is 15.4. The van der Waals surface area contributed by atoms with Crippen LogP contribution in [0.25, 0.3) is 0 Å². The van der Waals surface area contributed by atoms with Gasteiger partial charge >= 0.3 is 5.97 Å². The SMILES string of the molecule is CC(=O)OCC(=O)[C@@]12CNC[C@@H]1CC1[C@@H]3C[C@H](F)C4=CC(=O)C=C[C@]4(C)[C@@]3(F)[C@@H](O)C[C@@]12C. The van der Waals surface area contributed by atoms with E-state index in [-0.39, 0.29) is 48.4 Å². The molecule has 4 aliphatic carbocycles. The summed E-state index contributed by atoms with van der Waals surface area (Å²) in [5.41, 5.74) is -5.21. The molecule has 0 spiro atoms. The monoisotopic (exact) mass is 463 g/mol. The van der Waals surface area contributed by atoms with Crippen LogP contribution >= 0.6 is 0 Å². The van der Waals surface area contributed by atoms with Crippen molar-refractivity contribution in [2.24, 2.45) is 34.0 Å². The van der Waals surface area contributed by atoms with Crippen molar-refractivity contribution in [2.75, 3.05) is 19.7 Å². The zero-order valence-corrected chi connectivity index (χ0v) is 19.2. The van der Waals surface area contributed by atoms with Gasteiger partial charge in [-0.25, -0.2) is 8.78 Å². The van der Waals surface area contributed by atoms with Crippen molar-refractivity contribution >= 4 is 17.5 Å². The van der Waals surface area contributed by atoms with Gasteiger partial charge in [-0.3, -0.25) is 14.4 Å². The molecule has 1 aliphatic heterocycles. The average molecular weight is 464 g/mol. The summed E-state index contributed by atoms with van der Waals surface area (Å²) in [6.45, 7) is 5.30. The van der Waals surface area contributed by atoms with E-state index >= 15 is 8.78 Å². The third-order valence-electron chi connectivity index (χ3n) is 9.97. The summed E-state index contributed by atoms with van der Waals surface area (Å²) in [7, 11) is 0. The number of halogens is 2. The van der Waals surface area contributed by atoms with E-state index in [1.54, 1.807) is 6.92 Å². The first-order valence-electron chi connectivity index (χ1n) is 11.8. The van der Waals surface area contributed by atoms with Gasteiger partial charge < -0.3 is 15.2 Å². The summed E-state index contributed by atoms with van der Waals surface area (Å²) < 4.78 is 37.8. The first-order valence-corrected chi connectivity index (χ1v) is 11.8. The van der Waals surface area contributed by atoms with Crippen LogP contribution in [0.15, 0.2) is 23.8 Å². The number of allylic oxidation sites excluding steroid dienone is 4. The third kappa shape index (κ3) is 2.62. The highest BCUT2D eigenvalue weighted by molar-refractivity contribution is 6.01. The molecule has 0 amide bonds. The number of carbonyl (C=O) groups is 3. The van der Waals surface area contributed by atoms with Crippen molar-refractivity contribution < 1.29 is 33.0 Å². The van der Waals surface area contributed by atoms with Crippen molar-refractivity contribution in [3.63, 3.8) is 0 Å². The Labute approximate surface area is 191 Å². The Bertz CT molecular complexity index is 995. The number of ether oxygens (including phenoxy) is 1. The molecular formula is C25H31F2NO5. The first kappa shape index (κ1) is 22.8. The lowest BCUT2D eigenvalue weighted by molar-refractivity contribution is -0.211. The average Bonchev–Trinajstić information content (AvgIpc) is 3.27. The normalized spacial score (nSPS) is 50.1. The maximum absolute atomic E-state index is 17.2. The maximum Gasteiger partial charge on any atom is 0.303 e. The fourth-order valence-corrected chi connectivity index (χ4v) is 8.46. The molecule has 1 unspecified atom stereocenters. The number of nitrogens with one attached hydrogen (secondary N) is 1. The van der Waals surface area contributed by atoms with E-state index in [0.717, 1.165) is 0 Å². The Morgan fingerprint density at radius 3 is 2.70 bits per heavy atom. The second-order valence-corrected chi connectivity index (χ2v) is 11.1. The van der Waals surface area contributed by atoms with Crippen LogP contribution in [-0.2, 0) is 19.1 Å². The molecule has 2 N–H and O–H groups in total. The van der Waals surface area contributed by atoms with Gasteiger partial charge in [-0.1, -0.05) is 13.0 Å². The highest BCUT2D eigenvalue weighted by Crippen LogP contribution is 2.73. The second kappa shape index (κ2) is 7.04. The summed E-state index contributed by atoms with van der Waals surface area (Å²) in [6, 6.07) is 0. The summed E-state index contributed by atoms with van der Waals surface area (Å²) in [6.07, 6.45) is 1.36. The summed E-state index contributed by atoms with van der Waals surface area (Å²) in [4.78, 5) is 36.8. The van der Waals surface area contributed by atoms with Gasteiger partial charge in [-0.2, -0.15) is 0 Å². The van der Waals surface area contributed by atoms with Crippen molar-refractivity contribution in [1.82, 2.24) is 5.32 Å². The van der Waals surface area contributed by atoms with E-state index in [9.17, 15) is 19.5 Å². The Morgan fingerprint density at radius 2 is 2.00 bits per heavy atom. The number of ketones is 2. The Kier molecular flexibility index (Phi) is 4.87. The molecule has 1 heterocycles. The number of rotatable bonds is 3. The molecule has 0 aromatic carbocycles. The molecule has 180 valence electrons. The number of fused-ring (bicyclic) bond motifs is 7. The van der Waals surface area contributed by atoms with Crippen molar-refractivity contribution in [3.05, 3.63) is 23.8 Å². The van der Waals surface area contributed by atoms with Crippen LogP contribution in [0.5, 0.6) is 0 Å². The minimum absolute atomic E-state index is 0.0380. The number of hydrogen-bond acceptors (Lipinski definition) is 6. The van der Waals surface area contributed by atoms with Gasteiger partial charge in [-0.05, 0) is 67.7 Å². The summed E-state index contributed by atoms with van der Waals surface area (Å²) in [5, 5.41) is 14.7. The number of hydrogen-bond donors (Lipinski definition) is 2. The number of carbonyl (C=O) groups excluding carboxylic acids is 3. The van der Waals surface area contributed by atoms with E-state index in [4.69, 9.17) is 4.74 Å². The van der Waals surface area contributed by atoms with Gasteiger partial charge in [0.15, 0.2) is 23.8 Å². The van der Waals surface area contributed by atoms with E-state index < -0.39 is 46.1 Å². The van der Waals surface area contributed by atoms with Crippen molar-refractivity contribution in [2.45, 2.75) is 58.0 Å². The molecule has 4 fully saturated rings. The van der Waals surface area contributed by atoms with E-state index in [1.165, 1.54) is 25.2 Å². The molecular weight excluding hydrogens is 432 g/mol. The van der Waals surface area contributed by atoms with Gasteiger partial charge in [0.25, 0.3) is 0 Å². The largest absolute Gasteiger partial charge is 0.458 e. The fraction of sp³-hybridized carbons (Fsp3) is 0.720.